The lowest BCUT2D eigenvalue weighted by atomic mass is 10.1. The van der Waals surface area contributed by atoms with Gasteiger partial charge in [0.05, 0.1) is 0 Å². The number of hydrogen-bond acceptors (Lipinski definition) is 8. The van der Waals surface area contributed by atoms with E-state index in [1.54, 1.807) is 0 Å². The van der Waals surface area contributed by atoms with Gasteiger partial charge in [0, 0.05) is 11.3 Å². The van der Waals surface area contributed by atoms with Gasteiger partial charge in [0.25, 0.3) is 0 Å². The van der Waals surface area contributed by atoms with Gasteiger partial charge in [-0.1, -0.05) is 12.6 Å². The first-order chi connectivity index (χ1) is 8.17. The molecule has 0 radical (unpaired) electrons. The van der Waals surface area contributed by atoms with E-state index in [0.29, 0.717) is 6.42 Å². The maximum atomic E-state index is 11.0. The summed E-state index contributed by atoms with van der Waals surface area (Å²) in [7, 11) is 3.90. The fraction of sp³-hybridized carbons (Fsp3) is 0.800. The summed E-state index contributed by atoms with van der Waals surface area (Å²) in [6, 6.07) is 0.256. The Morgan fingerprint density at radius 3 is 2.06 bits per heavy atom. The van der Waals surface area contributed by atoms with Crippen LogP contribution >= 0.6 is 37.9 Å². The minimum atomic E-state index is -1.64. The Balaban J connectivity index is 2.66. The largest absolute Gasteiger partial charge is 0.421 e. The Hall–Kier alpha value is -0.0500. The highest BCUT2D eigenvalue weighted by Gasteiger charge is 2.52. The normalized spacial score (nSPS) is 23.5. The van der Waals surface area contributed by atoms with Crippen molar-refractivity contribution in [1.82, 2.24) is 4.90 Å². The van der Waals surface area contributed by atoms with Gasteiger partial charge in [-0.15, -0.1) is 0 Å². The molecule has 0 N–H and O–H groups in total. The van der Waals surface area contributed by atoms with Crippen molar-refractivity contribution < 1.29 is 19.1 Å². The van der Waals surface area contributed by atoms with Gasteiger partial charge in [0.1, 0.15) is 5.25 Å². The number of esters is 2. The van der Waals surface area contributed by atoms with Crippen LogP contribution in [-0.2, 0) is 19.1 Å². The second-order valence-corrected chi connectivity index (χ2v) is 6.31. The van der Waals surface area contributed by atoms with Gasteiger partial charge in [-0.2, -0.15) is 25.3 Å². The van der Waals surface area contributed by atoms with Gasteiger partial charge in [-0.05, 0) is 27.4 Å². The molecular formula is C10H17NO4S3. The Labute approximate surface area is 123 Å². The molecule has 0 aromatic heterocycles. The van der Waals surface area contributed by atoms with Gasteiger partial charge in [0.2, 0.25) is 0 Å². The van der Waals surface area contributed by atoms with Crippen LogP contribution in [0.25, 0.3) is 0 Å². The van der Waals surface area contributed by atoms with Crippen molar-refractivity contribution in [2.75, 3.05) is 14.1 Å². The van der Waals surface area contributed by atoms with E-state index in [0.717, 1.165) is 0 Å². The molecule has 1 aliphatic heterocycles. The molecule has 0 aromatic rings. The van der Waals surface area contributed by atoms with Crippen LogP contribution in [0.5, 0.6) is 0 Å². The number of carbonyl (C=O) groups excluding carboxylic acids is 2. The Morgan fingerprint density at radius 1 is 1.22 bits per heavy atom. The lowest BCUT2D eigenvalue weighted by Crippen LogP contribution is -2.43. The molecule has 1 aliphatic rings. The quantitative estimate of drug-likeness (QED) is 0.394. The summed E-state index contributed by atoms with van der Waals surface area (Å²) < 4.78 is 9.60. The highest BCUT2D eigenvalue weighted by molar-refractivity contribution is 7.87. The zero-order chi connectivity index (χ0) is 14.1. The van der Waals surface area contributed by atoms with Crippen LogP contribution in [0.3, 0.4) is 0 Å². The van der Waals surface area contributed by atoms with Crippen molar-refractivity contribution in [2.24, 2.45) is 0 Å². The molecule has 0 spiro atoms. The molecule has 0 aromatic carbocycles. The number of rotatable bonds is 5. The number of carbonyl (C=O) groups is 2. The van der Waals surface area contributed by atoms with E-state index in [1.165, 1.54) is 0 Å². The number of thiol groups is 3. The maximum Gasteiger partial charge on any atom is 0.421 e. The molecule has 0 amide bonds. The van der Waals surface area contributed by atoms with Crippen molar-refractivity contribution in [1.29, 1.82) is 0 Å². The van der Waals surface area contributed by atoms with E-state index in [1.807, 2.05) is 25.9 Å². The Morgan fingerprint density at radius 2 is 1.67 bits per heavy atom. The average Bonchev–Trinajstić information content (AvgIpc) is 2.52. The SMILES string of the molecule is CC(CC(S)C(S)C1(S)OC(=O)C(=O)O1)N(C)C. The monoisotopic (exact) mass is 311 g/mol. The third-order valence-electron chi connectivity index (χ3n) is 2.85. The first kappa shape index (κ1) is 16.0. The van der Waals surface area contributed by atoms with Crippen molar-refractivity contribution in [2.45, 2.75) is 35.0 Å². The summed E-state index contributed by atoms with van der Waals surface area (Å²) in [5.74, 6) is -2.10. The van der Waals surface area contributed by atoms with Crippen LogP contribution < -0.4 is 0 Å². The summed E-state index contributed by atoms with van der Waals surface area (Å²) in [6.07, 6.45) is 0.682. The molecule has 8 heteroatoms. The molecule has 5 nitrogen and oxygen atoms in total. The van der Waals surface area contributed by atoms with E-state index in [-0.39, 0.29) is 11.3 Å². The summed E-state index contributed by atoms with van der Waals surface area (Å²) >= 11 is 12.8. The van der Waals surface area contributed by atoms with Crippen LogP contribution in [0.2, 0.25) is 0 Å². The fourth-order valence-electron chi connectivity index (χ4n) is 1.42. The lowest BCUT2D eigenvalue weighted by Gasteiger charge is -2.31. The minimum Gasteiger partial charge on any atom is -0.403 e. The molecule has 0 saturated carbocycles. The molecule has 0 bridgehead atoms. The predicted octanol–water partition coefficient (Wildman–Crippen LogP) is 0.607. The highest BCUT2D eigenvalue weighted by atomic mass is 32.1. The first-order valence-corrected chi connectivity index (χ1v) is 6.86. The van der Waals surface area contributed by atoms with E-state index in [4.69, 9.17) is 9.47 Å². The molecule has 18 heavy (non-hydrogen) atoms. The topological polar surface area (TPSA) is 55.8 Å². The zero-order valence-corrected chi connectivity index (χ0v) is 13.0. The summed E-state index contributed by atoms with van der Waals surface area (Å²) in [4.78, 5) is 24.1. The Kier molecular flexibility index (Phi) is 5.28. The third-order valence-corrected chi connectivity index (χ3v) is 4.96. The maximum absolute atomic E-state index is 11.0. The molecule has 3 atom stereocenters. The highest BCUT2D eigenvalue weighted by Crippen LogP contribution is 2.36. The van der Waals surface area contributed by atoms with Crippen LogP contribution in [-0.4, -0.2) is 52.6 Å². The Bertz CT molecular complexity index is 334. The smallest absolute Gasteiger partial charge is 0.403 e. The summed E-state index contributed by atoms with van der Waals surface area (Å²) in [6.45, 7) is 2.03. The standard InChI is InChI=1S/C10H17NO4S3/c1-5(11(2)3)4-6(16)7(17)10(18)14-8(12)9(13)15-10/h5-7,16-18H,4H2,1-3H3. The second kappa shape index (κ2) is 5.94. The zero-order valence-electron chi connectivity index (χ0n) is 10.4. The van der Waals surface area contributed by atoms with Crippen LogP contribution in [0.1, 0.15) is 13.3 Å². The van der Waals surface area contributed by atoms with Gasteiger partial charge in [-0.25, -0.2) is 9.59 Å². The molecule has 1 saturated heterocycles. The molecule has 1 fully saturated rings. The number of cyclic esters (lactones) is 2. The van der Waals surface area contributed by atoms with Crippen molar-refractivity contribution in [3.8, 4) is 0 Å². The lowest BCUT2D eigenvalue weighted by molar-refractivity contribution is -0.150. The number of hydrogen-bond donors (Lipinski definition) is 3. The summed E-state index contributed by atoms with van der Waals surface area (Å²) in [5, 5.41) is -2.51. The molecule has 1 rings (SSSR count). The van der Waals surface area contributed by atoms with Crippen LogP contribution in [0.15, 0.2) is 0 Å². The van der Waals surface area contributed by atoms with E-state index in [2.05, 4.69) is 37.9 Å². The molecule has 0 aliphatic carbocycles. The molecule has 104 valence electrons. The second-order valence-electron chi connectivity index (χ2n) is 4.47. The number of ether oxygens (including phenoxy) is 2. The van der Waals surface area contributed by atoms with Crippen molar-refractivity contribution >= 4 is 49.8 Å². The van der Waals surface area contributed by atoms with Crippen LogP contribution in [0.4, 0.5) is 0 Å². The van der Waals surface area contributed by atoms with E-state index in [9.17, 15) is 9.59 Å². The first-order valence-electron chi connectivity index (χ1n) is 5.38. The average molecular weight is 311 g/mol. The number of nitrogens with zero attached hydrogens (tertiary/aromatic N) is 1. The van der Waals surface area contributed by atoms with Crippen molar-refractivity contribution in [3.63, 3.8) is 0 Å². The van der Waals surface area contributed by atoms with Gasteiger partial charge < -0.3 is 14.4 Å². The third kappa shape index (κ3) is 3.49. The fourth-order valence-corrected chi connectivity index (χ4v) is 2.61. The van der Waals surface area contributed by atoms with Gasteiger partial charge in [0.15, 0.2) is 0 Å². The summed E-state index contributed by atoms with van der Waals surface area (Å²) in [5.41, 5.74) is 0. The predicted molar refractivity (Wildman–Crippen MR) is 77.2 cm³/mol. The van der Waals surface area contributed by atoms with Gasteiger partial charge >= 0.3 is 17.1 Å². The molecule has 1 heterocycles. The minimum absolute atomic E-state index is 0.248. The van der Waals surface area contributed by atoms with Gasteiger partial charge in [-0.3, -0.25) is 0 Å². The molecule has 3 unspecified atom stereocenters. The van der Waals surface area contributed by atoms with E-state index >= 15 is 0 Å². The molecular weight excluding hydrogens is 294 g/mol. The van der Waals surface area contributed by atoms with Crippen LogP contribution in [0, 0.1) is 0 Å². The van der Waals surface area contributed by atoms with E-state index < -0.39 is 22.3 Å². The van der Waals surface area contributed by atoms with Crippen molar-refractivity contribution in [3.05, 3.63) is 0 Å².